The van der Waals surface area contributed by atoms with E-state index in [0.29, 0.717) is 17.9 Å². The Balaban J connectivity index is 2.12. The smallest absolute Gasteiger partial charge is 0.253 e. The van der Waals surface area contributed by atoms with E-state index in [9.17, 15) is 9.59 Å². The number of H-pyrrole nitrogens is 1. The van der Waals surface area contributed by atoms with Crippen LogP contribution in [-0.2, 0) is 4.79 Å². The molecule has 2 amide bonds. The number of carbonyl (C=O) groups excluding carboxylic acids is 2. The number of nitrogens with one attached hydrogen (secondary N) is 2. The van der Waals surface area contributed by atoms with E-state index in [2.05, 4.69) is 20.5 Å². The number of aromatic amines is 1. The molecule has 0 fully saturated rings. The van der Waals surface area contributed by atoms with Gasteiger partial charge < -0.3 is 10.2 Å². The van der Waals surface area contributed by atoms with Gasteiger partial charge in [-0.25, -0.2) is 4.98 Å². The van der Waals surface area contributed by atoms with Crippen LogP contribution in [-0.4, -0.2) is 52.5 Å². The first-order valence-corrected chi connectivity index (χ1v) is 6.95. The minimum atomic E-state index is -0.267. The first-order chi connectivity index (χ1) is 10.5. The van der Waals surface area contributed by atoms with E-state index in [4.69, 9.17) is 0 Å². The van der Waals surface area contributed by atoms with Crippen LogP contribution in [0.2, 0.25) is 0 Å². The van der Waals surface area contributed by atoms with Crippen molar-refractivity contribution < 1.29 is 9.59 Å². The van der Waals surface area contributed by atoms with Crippen LogP contribution in [0.15, 0.2) is 30.6 Å². The standard InChI is InChI=1S/C15H19N5O2/c1-10(14(21)16-2)8-20(3)15(22)12-6-4-5-11(7-12)13-17-9-18-19-13/h4-7,9-10H,8H2,1-3H3,(H,16,21)(H,17,18,19). The molecule has 0 saturated heterocycles. The summed E-state index contributed by atoms with van der Waals surface area (Å²) in [6.45, 7) is 2.14. The molecule has 2 aromatic rings. The zero-order valence-electron chi connectivity index (χ0n) is 12.8. The van der Waals surface area contributed by atoms with Gasteiger partial charge in [-0.05, 0) is 12.1 Å². The molecule has 0 saturated carbocycles. The molecule has 22 heavy (non-hydrogen) atoms. The first kappa shape index (κ1) is 15.7. The van der Waals surface area contributed by atoms with Crippen molar-refractivity contribution in [1.29, 1.82) is 0 Å². The molecule has 1 atom stereocenters. The van der Waals surface area contributed by atoms with Gasteiger partial charge in [0.05, 0.1) is 5.92 Å². The monoisotopic (exact) mass is 301 g/mol. The molecule has 0 aliphatic rings. The second kappa shape index (κ2) is 6.84. The lowest BCUT2D eigenvalue weighted by atomic mass is 10.1. The SMILES string of the molecule is CNC(=O)C(C)CN(C)C(=O)c1cccc(-c2ncn[nH]2)c1. The minimum absolute atomic E-state index is 0.0879. The Kier molecular flexibility index (Phi) is 4.88. The highest BCUT2D eigenvalue weighted by atomic mass is 16.2. The molecule has 1 heterocycles. The van der Waals surface area contributed by atoms with Gasteiger partial charge in [-0.15, -0.1) is 0 Å². The van der Waals surface area contributed by atoms with E-state index in [1.165, 1.54) is 6.33 Å². The van der Waals surface area contributed by atoms with Crippen molar-refractivity contribution in [3.63, 3.8) is 0 Å². The van der Waals surface area contributed by atoms with Gasteiger partial charge in [0.15, 0.2) is 5.82 Å². The number of benzene rings is 1. The Labute approximate surface area is 128 Å². The summed E-state index contributed by atoms with van der Waals surface area (Å²) in [6, 6.07) is 7.14. The Morgan fingerprint density at radius 2 is 2.18 bits per heavy atom. The molecule has 1 aromatic carbocycles. The molecule has 0 radical (unpaired) electrons. The van der Waals surface area contributed by atoms with Crippen molar-refractivity contribution in [2.75, 3.05) is 20.6 Å². The fraction of sp³-hybridized carbons (Fsp3) is 0.333. The third kappa shape index (κ3) is 3.49. The third-order valence-electron chi connectivity index (χ3n) is 3.39. The van der Waals surface area contributed by atoms with Crippen LogP contribution in [0.1, 0.15) is 17.3 Å². The van der Waals surface area contributed by atoms with Crippen LogP contribution in [0.4, 0.5) is 0 Å². The lowest BCUT2D eigenvalue weighted by Gasteiger charge is -2.21. The minimum Gasteiger partial charge on any atom is -0.359 e. The number of rotatable bonds is 5. The van der Waals surface area contributed by atoms with Crippen LogP contribution in [0.5, 0.6) is 0 Å². The summed E-state index contributed by atoms with van der Waals surface area (Å²) in [6.07, 6.45) is 1.42. The maximum absolute atomic E-state index is 12.5. The van der Waals surface area contributed by atoms with Crippen molar-refractivity contribution >= 4 is 11.8 Å². The summed E-state index contributed by atoms with van der Waals surface area (Å²) >= 11 is 0. The van der Waals surface area contributed by atoms with Gasteiger partial charge in [-0.3, -0.25) is 14.7 Å². The number of nitrogens with zero attached hydrogens (tertiary/aromatic N) is 3. The maximum atomic E-state index is 12.5. The molecule has 1 aromatic heterocycles. The van der Waals surface area contributed by atoms with Crippen molar-refractivity contribution in [3.8, 4) is 11.4 Å². The van der Waals surface area contributed by atoms with Gasteiger partial charge in [0, 0.05) is 31.8 Å². The molecule has 2 rings (SSSR count). The number of amides is 2. The summed E-state index contributed by atoms with van der Waals surface area (Å²) in [7, 11) is 3.27. The van der Waals surface area contributed by atoms with Crippen molar-refractivity contribution in [2.45, 2.75) is 6.92 Å². The zero-order valence-corrected chi connectivity index (χ0v) is 12.8. The van der Waals surface area contributed by atoms with Gasteiger partial charge in [0.25, 0.3) is 5.91 Å². The molecule has 7 heteroatoms. The van der Waals surface area contributed by atoms with E-state index in [-0.39, 0.29) is 17.7 Å². The second-order valence-electron chi connectivity index (χ2n) is 5.12. The summed E-state index contributed by atoms with van der Waals surface area (Å²) in [4.78, 5) is 29.6. The average molecular weight is 301 g/mol. The Morgan fingerprint density at radius 3 is 2.82 bits per heavy atom. The molecule has 0 spiro atoms. The summed E-state index contributed by atoms with van der Waals surface area (Å²) < 4.78 is 0. The zero-order chi connectivity index (χ0) is 16.1. The average Bonchev–Trinajstić information content (AvgIpc) is 3.07. The Morgan fingerprint density at radius 1 is 1.41 bits per heavy atom. The fourth-order valence-corrected chi connectivity index (χ4v) is 2.19. The highest BCUT2D eigenvalue weighted by Crippen LogP contribution is 2.16. The third-order valence-corrected chi connectivity index (χ3v) is 3.39. The molecular weight excluding hydrogens is 282 g/mol. The number of aromatic nitrogens is 3. The van der Waals surface area contributed by atoms with Gasteiger partial charge >= 0.3 is 0 Å². The van der Waals surface area contributed by atoms with E-state index in [0.717, 1.165) is 5.56 Å². The quantitative estimate of drug-likeness (QED) is 0.859. The number of hydrogen-bond acceptors (Lipinski definition) is 4. The second-order valence-corrected chi connectivity index (χ2v) is 5.12. The lowest BCUT2D eigenvalue weighted by Crippen LogP contribution is -2.37. The molecule has 7 nitrogen and oxygen atoms in total. The molecule has 0 aliphatic heterocycles. The number of hydrogen-bond donors (Lipinski definition) is 2. The van der Waals surface area contributed by atoms with E-state index < -0.39 is 0 Å². The highest BCUT2D eigenvalue weighted by molar-refractivity contribution is 5.95. The van der Waals surface area contributed by atoms with Crippen LogP contribution >= 0.6 is 0 Å². The normalized spacial score (nSPS) is 11.8. The summed E-state index contributed by atoms with van der Waals surface area (Å²) in [5.41, 5.74) is 1.33. The Hall–Kier alpha value is -2.70. The lowest BCUT2D eigenvalue weighted by molar-refractivity contribution is -0.124. The van der Waals surface area contributed by atoms with Gasteiger partial charge in [0.2, 0.25) is 5.91 Å². The van der Waals surface area contributed by atoms with Gasteiger partial charge in [-0.1, -0.05) is 19.1 Å². The predicted molar refractivity (Wildman–Crippen MR) is 82.0 cm³/mol. The topological polar surface area (TPSA) is 91.0 Å². The Bertz CT molecular complexity index is 654. The highest BCUT2D eigenvalue weighted by Gasteiger charge is 2.18. The van der Waals surface area contributed by atoms with Crippen molar-refractivity contribution in [1.82, 2.24) is 25.4 Å². The maximum Gasteiger partial charge on any atom is 0.253 e. The number of carbonyl (C=O) groups is 2. The molecule has 1 unspecified atom stereocenters. The molecule has 0 bridgehead atoms. The summed E-state index contributed by atoms with van der Waals surface area (Å²) in [5.74, 6) is 0.111. The fourth-order valence-electron chi connectivity index (χ4n) is 2.19. The van der Waals surface area contributed by atoms with E-state index in [1.54, 1.807) is 44.1 Å². The largest absolute Gasteiger partial charge is 0.359 e. The molecular formula is C15H19N5O2. The van der Waals surface area contributed by atoms with E-state index >= 15 is 0 Å². The van der Waals surface area contributed by atoms with Crippen LogP contribution in [0, 0.1) is 5.92 Å². The van der Waals surface area contributed by atoms with Crippen molar-refractivity contribution in [3.05, 3.63) is 36.2 Å². The first-order valence-electron chi connectivity index (χ1n) is 6.95. The molecule has 116 valence electrons. The molecule has 0 aliphatic carbocycles. The summed E-state index contributed by atoms with van der Waals surface area (Å²) in [5, 5.41) is 9.15. The van der Waals surface area contributed by atoms with Gasteiger partial charge in [-0.2, -0.15) is 5.10 Å². The van der Waals surface area contributed by atoms with Crippen LogP contribution in [0.3, 0.4) is 0 Å². The predicted octanol–water partition coefficient (Wildman–Crippen LogP) is 0.926. The molecule has 2 N–H and O–H groups in total. The van der Waals surface area contributed by atoms with Crippen LogP contribution in [0.25, 0.3) is 11.4 Å². The van der Waals surface area contributed by atoms with Crippen molar-refractivity contribution in [2.24, 2.45) is 5.92 Å². The van der Waals surface area contributed by atoms with Crippen LogP contribution < -0.4 is 5.32 Å². The van der Waals surface area contributed by atoms with Gasteiger partial charge in [0.1, 0.15) is 6.33 Å². The van der Waals surface area contributed by atoms with E-state index in [1.807, 2.05) is 6.07 Å².